The van der Waals surface area contributed by atoms with Gasteiger partial charge in [-0.15, -0.1) is 0 Å². The number of ether oxygens (including phenoxy) is 3. The molecule has 1 aromatic carbocycles. The van der Waals surface area contributed by atoms with Gasteiger partial charge in [-0.3, -0.25) is 19.3 Å². The van der Waals surface area contributed by atoms with Gasteiger partial charge in [0.05, 0.1) is 20.8 Å². The number of imide groups is 1. The molecule has 0 fully saturated rings. The molecule has 0 bridgehead atoms. The summed E-state index contributed by atoms with van der Waals surface area (Å²) in [4.78, 5) is 37.4. The van der Waals surface area contributed by atoms with E-state index in [0.717, 1.165) is 4.90 Å². The predicted molar refractivity (Wildman–Crippen MR) is 104 cm³/mol. The molecule has 0 spiro atoms. The van der Waals surface area contributed by atoms with Gasteiger partial charge in [0.2, 0.25) is 0 Å². The van der Waals surface area contributed by atoms with E-state index in [4.69, 9.17) is 14.2 Å². The molecule has 29 heavy (non-hydrogen) atoms. The lowest BCUT2D eigenvalue weighted by molar-refractivity contribution is -0.141. The molecule has 152 valence electrons. The van der Waals surface area contributed by atoms with Crippen LogP contribution in [0.1, 0.15) is 25.8 Å². The zero-order valence-corrected chi connectivity index (χ0v) is 16.8. The maximum atomic E-state index is 12.9. The fraction of sp³-hybridized carbons (Fsp3) is 0.333. The lowest BCUT2D eigenvalue weighted by Gasteiger charge is -2.27. The van der Waals surface area contributed by atoms with Crippen LogP contribution in [0.2, 0.25) is 0 Å². The summed E-state index contributed by atoms with van der Waals surface area (Å²) in [5.41, 5.74) is 1.11. The summed E-state index contributed by atoms with van der Waals surface area (Å²) in [5, 5.41) is 9.41. The first-order chi connectivity index (χ1) is 13.8. The van der Waals surface area contributed by atoms with Crippen LogP contribution in [0, 0.1) is 11.3 Å². The molecule has 0 aromatic heterocycles. The third kappa shape index (κ3) is 4.82. The standard InChI is InChI=1S/C21H22N2O6/c1-13-16(10-15-6-7-18(27-3)19(11-15)28-4)20(25)23(21(26)17(13)12-22)8-5-9-29-14(2)24/h6-7,10-11H,5,8-9H2,1-4H3/b16-10+. The number of esters is 1. The Balaban J connectivity index is 2.39. The van der Waals surface area contributed by atoms with Gasteiger partial charge in [-0.25, -0.2) is 0 Å². The highest BCUT2D eigenvalue weighted by atomic mass is 16.5. The van der Waals surface area contributed by atoms with Gasteiger partial charge in [0, 0.05) is 19.0 Å². The van der Waals surface area contributed by atoms with Crippen molar-refractivity contribution in [1.29, 1.82) is 5.26 Å². The van der Waals surface area contributed by atoms with Crippen LogP contribution in [-0.2, 0) is 19.1 Å². The monoisotopic (exact) mass is 398 g/mol. The molecule has 0 N–H and O–H groups in total. The van der Waals surface area contributed by atoms with E-state index < -0.39 is 17.8 Å². The lowest BCUT2D eigenvalue weighted by Crippen LogP contribution is -2.43. The van der Waals surface area contributed by atoms with E-state index in [0.29, 0.717) is 22.6 Å². The zero-order valence-electron chi connectivity index (χ0n) is 16.8. The fourth-order valence-electron chi connectivity index (χ4n) is 2.88. The minimum absolute atomic E-state index is 0.0344. The van der Waals surface area contributed by atoms with Crippen LogP contribution in [0.4, 0.5) is 0 Å². The SMILES string of the molecule is COc1ccc(/C=C2/C(=O)N(CCCOC(C)=O)C(=O)C(C#N)=C2C)cc1OC. The molecule has 8 nitrogen and oxygen atoms in total. The van der Waals surface area contributed by atoms with Gasteiger partial charge in [-0.1, -0.05) is 6.07 Å². The second-order valence-corrected chi connectivity index (χ2v) is 6.24. The summed E-state index contributed by atoms with van der Waals surface area (Å²) in [6.07, 6.45) is 1.88. The molecule has 0 aliphatic carbocycles. The van der Waals surface area contributed by atoms with Crippen LogP contribution >= 0.6 is 0 Å². The summed E-state index contributed by atoms with van der Waals surface area (Å²) >= 11 is 0. The van der Waals surface area contributed by atoms with Crippen molar-refractivity contribution in [2.45, 2.75) is 20.3 Å². The van der Waals surface area contributed by atoms with Crippen LogP contribution in [0.25, 0.3) is 6.08 Å². The lowest BCUT2D eigenvalue weighted by atomic mass is 9.93. The third-order valence-corrected chi connectivity index (χ3v) is 4.38. The second-order valence-electron chi connectivity index (χ2n) is 6.24. The van der Waals surface area contributed by atoms with Crippen molar-refractivity contribution in [1.82, 2.24) is 4.90 Å². The number of carbonyl (C=O) groups excluding carboxylic acids is 3. The Morgan fingerprint density at radius 2 is 1.86 bits per heavy atom. The van der Waals surface area contributed by atoms with Crippen molar-refractivity contribution in [3.05, 3.63) is 40.5 Å². The molecule has 0 saturated carbocycles. The summed E-state index contributed by atoms with van der Waals surface area (Å²) in [6.45, 7) is 2.95. The highest BCUT2D eigenvalue weighted by Crippen LogP contribution is 2.31. The first-order valence-corrected chi connectivity index (χ1v) is 8.88. The van der Waals surface area contributed by atoms with Gasteiger partial charge in [-0.2, -0.15) is 5.26 Å². The first-order valence-electron chi connectivity index (χ1n) is 8.88. The molecule has 0 radical (unpaired) electrons. The van der Waals surface area contributed by atoms with Crippen LogP contribution in [0.3, 0.4) is 0 Å². The number of nitrogens with zero attached hydrogens (tertiary/aromatic N) is 2. The van der Waals surface area contributed by atoms with Gasteiger partial charge < -0.3 is 14.2 Å². The number of hydrogen-bond donors (Lipinski definition) is 0. The molecule has 1 heterocycles. The molecule has 1 aromatic rings. The van der Waals surface area contributed by atoms with E-state index in [-0.39, 0.29) is 30.7 Å². The van der Waals surface area contributed by atoms with Crippen molar-refractivity contribution in [2.75, 3.05) is 27.4 Å². The van der Waals surface area contributed by atoms with E-state index in [2.05, 4.69) is 0 Å². The molecule has 2 rings (SSSR count). The molecule has 2 amide bonds. The van der Waals surface area contributed by atoms with Crippen LogP contribution in [0.5, 0.6) is 11.5 Å². The summed E-state index contributed by atoms with van der Waals surface area (Å²) < 4.78 is 15.3. The third-order valence-electron chi connectivity index (χ3n) is 4.38. The van der Waals surface area contributed by atoms with E-state index in [1.54, 1.807) is 31.2 Å². The number of carbonyl (C=O) groups is 3. The Hall–Kier alpha value is -3.60. The number of methoxy groups -OCH3 is 2. The number of nitriles is 1. The Labute approximate surface area is 168 Å². The van der Waals surface area contributed by atoms with Crippen LogP contribution in [0.15, 0.2) is 34.9 Å². The smallest absolute Gasteiger partial charge is 0.302 e. The van der Waals surface area contributed by atoms with Crippen molar-refractivity contribution in [3.63, 3.8) is 0 Å². The largest absolute Gasteiger partial charge is 0.493 e. The highest BCUT2D eigenvalue weighted by molar-refractivity contribution is 6.19. The number of rotatable bonds is 7. The maximum absolute atomic E-state index is 12.9. The van der Waals surface area contributed by atoms with Crippen LogP contribution < -0.4 is 9.47 Å². The number of benzene rings is 1. The summed E-state index contributed by atoms with van der Waals surface area (Å²) in [7, 11) is 3.02. The van der Waals surface area contributed by atoms with Gasteiger partial charge >= 0.3 is 5.97 Å². The average molecular weight is 398 g/mol. The quantitative estimate of drug-likeness (QED) is 0.300. The van der Waals surface area contributed by atoms with Crippen molar-refractivity contribution >= 4 is 23.9 Å². The normalized spacial score (nSPS) is 15.4. The van der Waals surface area contributed by atoms with Gasteiger partial charge in [0.1, 0.15) is 11.6 Å². The Bertz CT molecular complexity index is 939. The van der Waals surface area contributed by atoms with E-state index >= 15 is 0 Å². The molecule has 1 aliphatic heterocycles. The minimum Gasteiger partial charge on any atom is -0.493 e. The molecule has 0 unspecified atom stereocenters. The maximum Gasteiger partial charge on any atom is 0.302 e. The molecular weight excluding hydrogens is 376 g/mol. The molecule has 0 atom stereocenters. The average Bonchev–Trinajstić information content (AvgIpc) is 2.70. The van der Waals surface area contributed by atoms with Crippen molar-refractivity contribution < 1.29 is 28.6 Å². The molecular formula is C21H22N2O6. The van der Waals surface area contributed by atoms with Crippen LogP contribution in [-0.4, -0.2) is 50.1 Å². The molecule has 0 saturated heterocycles. The summed E-state index contributed by atoms with van der Waals surface area (Å²) in [6, 6.07) is 7.02. The van der Waals surface area contributed by atoms with Gasteiger partial charge in [0.25, 0.3) is 11.8 Å². The van der Waals surface area contributed by atoms with E-state index in [1.165, 1.54) is 21.1 Å². The first kappa shape index (κ1) is 21.7. The van der Waals surface area contributed by atoms with Crippen molar-refractivity contribution in [3.8, 4) is 17.6 Å². The summed E-state index contributed by atoms with van der Waals surface area (Å²) in [5.74, 6) is -0.575. The van der Waals surface area contributed by atoms with Crippen molar-refractivity contribution in [2.24, 2.45) is 0 Å². The molecule has 1 aliphatic rings. The second kappa shape index (κ2) is 9.55. The topological polar surface area (TPSA) is 106 Å². The number of hydrogen-bond acceptors (Lipinski definition) is 7. The van der Waals surface area contributed by atoms with Gasteiger partial charge in [-0.05, 0) is 42.7 Å². The van der Waals surface area contributed by atoms with E-state index in [1.807, 2.05) is 6.07 Å². The van der Waals surface area contributed by atoms with Gasteiger partial charge in [0.15, 0.2) is 11.5 Å². The predicted octanol–water partition coefficient (Wildman–Crippen LogP) is 2.25. The Morgan fingerprint density at radius 3 is 2.45 bits per heavy atom. The van der Waals surface area contributed by atoms with E-state index in [9.17, 15) is 19.6 Å². The minimum atomic E-state index is -0.651. The number of amides is 2. The zero-order chi connectivity index (χ0) is 21.6. The Morgan fingerprint density at radius 1 is 1.17 bits per heavy atom. The fourth-order valence-corrected chi connectivity index (χ4v) is 2.88. The molecule has 8 heteroatoms. The highest BCUT2D eigenvalue weighted by Gasteiger charge is 2.35. The Kier molecular flexibility index (Phi) is 7.15.